The highest BCUT2D eigenvalue weighted by atomic mass is 35.5. The third-order valence-electron chi connectivity index (χ3n) is 5.78. The molecule has 2 N–H and O–H groups in total. The molecule has 10 heteroatoms. The molecule has 2 heterocycles. The van der Waals surface area contributed by atoms with Gasteiger partial charge in [-0.2, -0.15) is 0 Å². The van der Waals surface area contributed by atoms with Crippen molar-refractivity contribution in [3.8, 4) is 5.75 Å². The van der Waals surface area contributed by atoms with Gasteiger partial charge in [0.25, 0.3) is 5.56 Å². The fourth-order valence-electron chi connectivity index (χ4n) is 4.21. The van der Waals surface area contributed by atoms with Crippen LogP contribution in [0.15, 0.2) is 53.3 Å². The molecule has 1 aliphatic rings. The number of aliphatic hydroxyl groups is 1. The molecule has 0 fully saturated rings. The van der Waals surface area contributed by atoms with E-state index in [1.54, 1.807) is 11.7 Å². The second-order valence-corrected chi connectivity index (χ2v) is 9.16. The van der Waals surface area contributed by atoms with Gasteiger partial charge in [0.15, 0.2) is 11.5 Å². The van der Waals surface area contributed by atoms with Gasteiger partial charge >= 0.3 is 0 Å². The second kappa shape index (κ2) is 11.2. The van der Waals surface area contributed by atoms with Crippen LogP contribution in [0.4, 0.5) is 11.5 Å². The van der Waals surface area contributed by atoms with Gasteiger partial charge in [-0.25, -0.2) is 4.68 Å². The van der Waals surface area contributed by atoms with E-state index in [1.807, 2.05) is 61.5 Å². The van der Waals surface area contributed by atoms with Crippen LogP contribution in [0.1, 0.15) is 11.1 Å². The summed E-state index contributed by atoms with van der Waals surface area (Å²) >= 11 is 6.04. The molecule has 0 radical (unpaired) electrons. The monoisotopic (exact) mass is 501 g/mol. The Hall–Kier alpha value is -2.98. The minimum Gasteiger partial charge on any atom is -0.491 e. The Kier molecular flexibility index (Phi) is 8.02. The van der Waals surface area contributed by atoms with Gasteiger partial charge in [0.1, 0.15) is 12.4 Å². The third kappa shape index (κ3) is 5.82. The van der Waals surface area contributed by atoms with Gasteiger partial charge in [-0.3, -0.25) is 9.48 Å². The molecule has 0 amide bonds. The van der Waals surface area contributed by atoms with Gasteiger partial charge in [-0.05, 0) is 49.5 Å². The average molecular weight is 502 g/mol. The van der Waals surface area contributed by atoms with Crippen molar-refractivity contribution in [1.82, 2.24) is 14.3 Å². The fourth-order valence-corrected chi connectivity index (χ4v) is 4.34. The fraction of sp³-hybridized carbons (Fsp3) is 0.400. The molecule has 0 aliphatic carbocycles. The Bertz CT molecular complexity index is 1190. The van der Waals surface area contributed by atoms with E-state index in [0.717, 1.165) is 17.9 Å². The maximum Gasteiger partial charge on any atom is 0.292 e. The SMILES string of the molecule is CN(C)Cc1cccc(OCCOC2Nc3c(c(=O)n(CCO)n3C)N2Cc2ccc(Cl)cc2)c1. The van der Waals surface area contributed by atoms with E-state index >= 15 is 0 Å². The molecule has 2 aromatic carbocycles. The van der Waals surface area contributed by atoms with Crippen molar-refractivity contribution in [3.05, 3.63) is 75.0 Å². The first-order valence-corrected chi connectivity index (χ1v) is 11.9. The topological polar surface area (TPSA) is 84.1 Å². The lowest BCUT2D eigenvalue weighted by Crippen LogP contribution is -2.42. The normalized spacial score (nSPS) is 14.9. The highest BCUT2D eigenvalue weighted by Gasteiger charge is 2.36. The molecule has 0 spiro atoms. The molecule has 9 nitrogen and oxygen atoms in total. The third-order valence-corrected chi connectivity index (χ3v) is 6.03. The van der Waals surface area contributed by atoms with Crippen molar-refractivity contribution in [2.75, 3.05) is 44.1 Å². The number of ether oxygens (including phenoxy) is 2. The van der Waals surface area contributed by atoms with Crippen LogP contribution in [0.2, 0.25) is 5.02 Å². The highest BCUT2D eigenvalue weighted by Crippen LogP contribution is 2.33. The number of hydrogen-bond acceptors (Lipinski definition) is 7. The summed E-state index contributed by atoms with van der Waals surface area (Å²) < 4.78 is 15.3. The van der Waals surface area contributed by atoms with Crippen molar-refractivity contribution >= 4 is 23.1 Å². The second-order valence-electron chi connectivity index (χ2n) is 8.73. The van der Waals surface area contributed by atoms with Crippen LogP contribution in [-0.4, -0.2) is 59.6 Å². The summed E-state index contributed by atoms with van der Waals surface area (Å²) in [7, 11) is 5.85. The number of halogens is 1. The van der Waals surface area contributed by atoms with E-state index in [4.69, 9.17) is 21.1 Å². The summed E-state index contributed by atoms with van der Waals surface area (Å²) in [6.07, 6.45) is -0.540. The molecule has 3 aromatic rings. The molecule has 1 aromatic heterocycles. The predicted octanol–water partition coefficient (Wildman–Crippen LogP) is 2.71. The lowest BCUT2D eigenvalue weighted by molar-refractivity contribution is 0.0496. The Morgan fingerprint density at radius 1 is 1.11 bits per heavy atom. The molecule has 35 heavy (non-hydrogen) atoms. The van der Waals surface area contributed by atoms with E-state index in [-0.39, 0.29) is 18.7 Å². The summed E-state index contributed by atoms with van der Waals surface area (Å²) in [6, 6.07) is 15.5. The molecular formula is C25H32ClN5O4. The molecule has 1 atom stereocenters. The first kappa shape index (κ1) is 25.1. The van der Waals surface area contributed by atoms with Crippen LogP contribution < -0.4 is 20.5 Å². The lowest BCUT2D eigenvalue weighted by Gasteiger charge is -2.26. The van der Waals surface area contributed by atoms with Gasteiger partial charge in [-0.15, -0.1) is 0 Å². The zero-order valence-corrected chi connectivity index (χ0v) is 21.0. The number of nitrogens with zero attached hydrogens (tertiary/aromatic N) is 4. The van der Waals surface area contributed by atoms with Gasteiger partial charge in [0.05, 0.1) is 19.8 Å². The number of aromatic nitrogens is 2. The van der Waals surface area contributed by atoms with Crippen molar-refractivity contribution < 1.29 is 14.6 Å². The van der Waals surface area contributed by atoms with E-state index in [0.29, 0.717) is 36.3 Å². The maximum atomic E-state index is 13.1. The Labute approximate surface area is 210 Å². The quantitative estimate of drug-likeness (QED) is 0.391. The van der Waals surface area contributed by atoms with Crippen LogP contribution in [-0.2, 0) is 31.4 Å². The minimum atomic E-state index is -0.540. The summed E-state index contributed by atoms with van der Waals surface area (Å²) in [5.41, 5.74) is 2.49. The van der Waals surface area contributed by atoms with Crippen LogP contribution in [0.3, 0.4) is 0 Å². The van der Waals surface area contributed by atoms with Gasteiger partial charge in [0.2, 0.25) is 6.35 Å². The lowest BCUT2D eigenvalue weighted by atomic mass is 10.2. The van der Waals surface area contributed by atoms with Gasteiger partial charge < -0.3 is 29.7 Å². The van der Waals surface area contributed by atoms with Crippen LogP contribution in [0.5, 0.6) is 5.75 Å². The number of anilines is 2. The first-order chi connectivity index (χ1) is 16.9. The zero-order valence-electron chi connectivity index (χ0n) is 20.3. The largest absolute Gasteiger partial charge is 0.491 e. The van der Waals surface area contributed by atoms with E-state index in [1.165, 1.54) is 10.2 Å². The number of rotatable bonds is 11. The molecule has 0 saturated carbocycles. The van der Waals surface area contributed by atoms with Crippen molar-refractivity contribution in [2.24, 2.45) is 7.05 Å². The van der Waals surface area contributed by atoms with Crippen LogP contribution >= 0.6 is 11.6 Å². The molecule has 1 unspecified atom stereocenters. The molecule has 188 valence electrons. The maximum absolute atomic E-state index is 13.1. The Morgan fingerprint density at radius 3 is 2.60 bits per heavy atom. The number of hydrogen-bond donors (Lipinski definition) is 2. The van der Waals surface area contributed by atoms with Gasteiger partial charge in [0, 0.05) is 25.2 Å². The Morgan fingerprint density at radius 2 is 1.89 bits per heavy atom. The van der Waals surface area contributed by atoms with Crippen molar-refractivity contribution in [2.45, 2.75) is 26.0 Å². The number of benzene rings is 2. The smallest absolute Gasteiger partial charge is 0.292 e. The minimum absolute atomic E-state index is 0.124. The first-order valence-electron chi connectivity index (χ1n) is 11.5. The highest BCUT2D eigenvalue weighted by molar-refractivity contribution is 6.30. The van der Waals surface area contributed by atoms with Crippen LogP contribution in [0, 0.1) is 0 Å². The number of nitrogens with one attached hydrogen (secondary N) is 1. The standard InChI is InChI=1S/C25H32ClN5O4/c1-28(2)16-19-5-4-6-21(15-19)34-13-14-35-25-27-23-22(24(33)31(11-12-32)29(23)3)30(25)17-18-7-9-20(26)10-8-18/h4-10,15,25,27,32H,11-14,16-17H2,1-3H3. The predicted molar refractivity (Wildman–Crippen MR) is 137 cm³/mol. The molecule has 4 rings (SSSR count). The molecule has 0 saturated heterocycles. The summed E-state index contributed by atoms with van der Waals surface area (Å²) in [5.74, 6) is 1.44. The zero-order chi connectivity index (χ0) is 24.9. The molecule has 0 bridgehead atoms. The average Bonchev–Trinajstić information content (AvgIpc) is 3.29. The van der Waals surface area contributed by atoms with E-state index in [2.05, 4.69) is 16.3 Å². The molecule has 1 aliphatic heterocycles. The van der Waals surface area contributed by atoms with Crippen molar-refractivity contribution in [1.29, 1.82) is 0 Å². The molecular weight excluding hydrogens is 470 g/mol. The van der Waals surface area contributed by atoms with Crippen molar-refractivity contribution in [3.63, 3.8) is 0 Å². The van der Waals surface area contributed by atoms with E-state index < -0.39 is 6.35 Å². The summed E-state index contributed by atoms with van der Waals surface area (Å²) in [4.78, 5) is 17.1. The van der Waals surface area contributed by atoms with Gasteiger partial charge in [-0.1, -0.05) is 35.9 Å². The van der Waals surface area contributed by atoms with Crippen LogP contribution in [0.25, 0.3) is 0 Å². The summed E-state index contributed by atoms with van der Waals surface area (Å²) in [6.45, 7) is 2.07. The number of fused-ring (bicyclic) bond motifs is 1. The summed E-state index contributed by atoms with van der Waals surface area (Å²) in [5, 5.41) is 13.3. The number of aliphatic hydroxyl groups excluding tert-OH is 1. The Balaban J connectivity index is 1.45. The van der Waals surface area contributed by atoms with E-state index in [9.17, 15) is 9.90 Å².